The van der Waals surface area contributed by atoms with E-state index in [4.69, 9.17) is 0 Å². The van der Waals surface area contributed by atoms with Crippen LogP contribution in [0.25, 0.3) is 11.1 Å². The fraction of sp³-hybridized carbons (Fsp3) is 0.410. The van der Waals surface area contributed by atoms with E-state index >= 15 is 0 Å². The second-order valence-electron chi connectivity index (χ2n) is 14.1. The van der Waals surface area contributed by atoms with Gasteiger partial charge in [0.25, 0.3) is 11.8 Å². The highest BCUT2D eigenvalue weighted by Crippen LogP contribution is 2.36. The van der Waals surface area contributed by atoms with Crippen LogP contribution in [0.1, 0.15) is 81.5 Å². The number of aliphatic carboxylic acids is 1. The number of rotatable bonds is 9. The molecule has 266 valence electrons. The number of anilines is 2. The lowest BCUT2D eigenvalue weighted by molar-refractivity contribution is -0.143. The number of piperidine rings is 1. The topological polar surface area (TPSA) is 153 Å². The van der Waals surface area contributed by atoms with Crippen LogP contribution in [-0.4, -0.2) is 84.8 Å². The van der Waals surface area contributed by atoms with Gasteiger partial charge in [0.15, 0.2) is 5.69 Å². The number of aryl methyl sites for hydroxylation is 1. The first kappa shape index (κ1) is 34.5. The maximum atomic E-state index is 13.6. The van der Waals surface area contributed by atoms with Crippen molar-refractivity contribution in [2.45, 2.75) is 71.2 Å². The number of hydrogen-bond acceptors (Lipinski definition) is 8. The molecule has 0 aliphatic carbocycles. The molecule has 0 bridgehead atoms. The minimum atomic E-state index is -0.720. The van der Waals surface area contributed by atoms with E-state index in [0.29, 0.717) is 48.7 Å². The van der Waals surface area contributed by atoms with Gasteiger partial charge in [-0.15, -0.1) is 0 Å². The maximum Gasteiger partial charge on any atom is 0.306 e. The normalized spacial score (nSPS) is 19.8. The molecule has 2 aromatic heterocycles. The Balaban J connectivity index is 1.03. The van der Waals surface area contributed by atoms with Crippen LogP contribution >= 0.6 is 0 Å². The highest BCUT2D eigenvalue weighted by molar-refractivity contribution is 6.05. The summed E-state index contributed by atoms with van der Waals surface area (Å²) in [5.74, 6) is -1.59. The molecule has 7 rings (SSSR count). The van der Waals surface area contributed by atoms with Crippen LogP contribution in [0, 0.1) is 19.8 Å². The quantitative estimate of drug-likeness (QED) is 0.184. The van der Waals surface area contributed by atoms with Crippen molar-refractivity contribution in [2.75, 3.05) is 36.8 Å². The van der Waals surface area contributed by atoms with Crippen molar-refractivity contribution >= 4 is 29.2 Å². The van der Waals surface area contributed by atoms with E-state index in [1.807, 2.05) is 67.1 Å². The van der Waals surface area contributed by atoms with Gasteiger partial charge in [0, 0.05) is 43.8 Å². The Morgan fingerprint density at radius 1 is 0.824 bits per heavy atom. The molecule has 2 fully saturated rings. The third-order valence-electron chi connectivity index (χ3n) is 10.7. The van der Waals surface area contributed by atoms with Gasteiger partial charge in [-0.1, -0.05) is 30.3 Å². The van der Waals surface area contributed by atoms with Crippen LogP contribution in [0.2, 0.25) is 0 Å². The molecule has 4 aromatic rings. The summed E-state index contributed by atoms with van der Waals surface area (Å²) >= 11 is 0. The molecule has 0 saturated carbocycles. The summed E-state index contributed by atoms with van der Waals surface area (Å²) in [6.07, 6.45) is 5.39. The Hall–Kier alpha value is -4.91. The number of β-amino-alcohol motifs (C(OH)–C–C–N with tert-alkyl or cyclic N) is 1. The number of amides is 2. The Morgan fingerprint density at radius 2 is 1.49 bits per heavy atom. The second kappa shape index (κ2) is 14.7. The Morgan fingerprint density at radius 3 is 2.08 bits per heavy atom. The molecule has 2 atom stereocenters. The molecule has 2 saturated heterocycles. The minimum absolute atomic E-state index is 0.120. The minimum Gasteiger partial charge on any atom is -0.481 e. The molecule has 51 heavy (non-hydrogen) atoms. The van der Waals surface area contributed by atoms with E-state index in [0.717, 1.165) is 79.0 Å². The number of benzene rings is 2. The van der Waals surface area contributed by atoms with E-state index in [9.17, 15) is 24.6 Å². The van der Waals surface area contributed by atoms with Crippen LogP contribution in [-0.2, 0) is 17.9 Å². The smallest absolute Gasteiger partial charge is 0.306 e. The number of nitrogens with zero attached hydrogens (tertiary/aromatic N) is 5. The fourth-order valence-corrected chi connectivity index (χ4v) is 7.76. The van der Waals surface area contributed by atoms with Crippen LogP contribution in [0.5, 0.6) is 0 Å². The summed E-state index contributed by atoms with van der Waals surface area (Å²) in [4.78, 5) is 47.2. The van der Waals surface area contributed by atoms with Gasteiger partial charge >= 0.3 is 5.97 Å². The molecule has 2 aromatic carbocycles. The molecule has 12 heteroatoms. The van der Waals surface area contributed by atoms with Gasteiger partial charge in [-0.25, -0.2) is 0 Å². The molecule has 0 spiro atoms. The molecule has 4 N–H and O–H groups in total. The number of pyridine rings is 1. The van der Waals surface area contributed by atoms with E-state index in [-0.39, 0.29) is 29.9 Å². The Kier molecular flexibility index (Phi) is 9.99. The molecule has 2 amide bonds. The predicted molar refractivity (Wildman–Crippen MR) is 194 cm³/mol. The largest absolute Gasteiger partial charge is 0.481 e. The van der Waals surface area contributed by atoms with E-state index < -0.39 is 5.97 Å². The number of nitrogens with one attached hydrogen (secondary N) is 2. The van der Waals surface area contributed by atoms with E-state index in [2.05, 4.69) is 30.5 Å². The van der Waals surface area contributed by atoms with Crippen molar-refractivity contribution in [3.63, 3.8) is 0 Å². The third kappa shape index (κ3) is 7.44. The Labute approximate surface area is 297 Å². The predicted octanol–water partition coefficient (Wildman–Crippen LogP) is 5.26. The van der Waals surface area contributed by atoms with Crippen LogP contribution < -0.4 is 10.6 Å². The highest BCUT2D eigenvalue weighted by Gasteiger charge is 2.33. The molecule has 12 nitrogen and oxygen atoms in total. The second-order valence-corrected chi connectivity index (χ2v) is 14.1. The standard InChI is InChI=1S/C39H45N7O5/c1-24-29(6-3-8-31(24)41-37(48)33-12-11-26(21-40-33)22-44-17-15-28(47)23-44)30-7-4-9-32(25(30)2)42-38(49)34-20-36-35(10-5-16-46(36)43-34)45-18-13-27(14-19-45)39(50)51/h3-4,6-9,11-12,20-21,27-28,35,47H,5,10,13-19,22-23H2,1-2H3,(H,41,48)(H,42,49)(H,50,51)/t28-,35?/m1/s1. The van der Waals surface area contributed by atoms with Crippen molar-refractivity contribution in [1.82, 2.24) is 24.6 Å². The zero-order valence-corrected chi connectivity index (χ0v) is 29.1. The zero-order chi connectivity index (χ0) is 35.6. The van der Waals surface area contributed by atoms with Gasteiger partial charge in [-0.2, -0.15) is 5.10 Å². The van der Waals surface area contributed by atoms with Crippen molar-refractivity contribution < 1.29 is 24.6 Å². The fourth-order valence-electron chi connectivity index (χ4n) is 7.76. The number of aromatic nitrogens is 3. The first-order chi connectivity index (χ1) is 24.6. The first-order valence-corrected chi connectivity index (χ1v) is 17.9. The number of fused-ring (bicyclic) bond motifs is 1. The number of carboxylic acid groups (broad SMARTS) is 1. The lowest BCUT2D eigenvalue weighted by Gasteiger charge is -2.38. The van der Waals surface area contributed by atoms with Gasteiger partial charge < -0.3 is 20.8 Å². The molecule has 0 radical (unpaired) electrons. The van der Waals surface area contributed by atoms with Crippen molar-refractivity contribution in [2.24, 2.45) is 5.92 Å². The van der Waals surface area contributed by atoms with E-state index in [1.54, 1.807) is 12.3 Å². The summed E-state index contributed by atoms with van der Waals surface area (Å²) < 4.78 is 1.93. The molecule has 1 unspecified atom stereocenters. The first-order valence-electron chi connectivity index (χ1n) is 17.9. The summed E-state index contributed by atoms with van der Waals surface area (Å²) in [5.41, 5.74) is 7.69. The number of likely N-dealkylation sites (tertiary alicyclic amines) is 2. The number of hydrogen-bond donors (Lipinski definition) is 4. The molecule has 3 aliphatic rings. The zero-order valence-electron chi connectivity index (χ0n) is 29.1. The van der Waals surface area contributed by atoms with Gasteiger partial charge in [0.2, 0.25) is 0 Å². The SMILES string of the molecule is Cc1c(NC(=O)c2ccc(CN3CC[C@@H](O)C3)cn2)cccc1-c1cccc(NC(=O)c2cc3n(n2)CCCC3N2CCC(C(=O)O)CC2)c1C. The molecule has 3 aliphatic heterocycles. The summed E-state index contributed by atoms with van der Waals surface area (Å²) in [7, 11) is 0. The summed E-state index contributed by atoms with van der Waals surface area (Å²) in [6, 6.07) is 17.2. The number of aliphatic hydroxyl groups excluding tert-OH is 1. The van der Waals surface area contributed by atoms with Gasteiger partial charge in [-0.05, 0) is 111 Å². The average Bonchev–Trinajstić information content (AvgIpc) is 3.76. The Bertz CT molecular complexity index is 1930. The lowest BCUT2D eigenvalue weighted by Crippen LogP contribution is -2.40. The van der Waals surface area contributed by atoms with Crippen molar-refractivity contribution in [3.8, 4) is 11.1 Å². The van der Waals surface area contributed by atoms with Crippen LogP contribution in [0.3, 0.4) is 0 Å². The highest BCUT2D eigenvalue weighted by atomic mass is 16.4. The van der Waals surface area contributed by atoms with Gasteiger partial charge in [-0.3, -0.25) is 33.8 Å². The van der Waals surface area contributed by atoms with E-state index in [1.165, 1.54) is 0 Å². The monoisotopic (exact) mass is 691 g/mol. The number of aliphatic hydroxyl groups is 1. The number of carbonyl (C=O) groups is 3. The van der Waals surface area contributed by atoms with Crippen molar-refractivity contribution in [3.05, 3.63) is 94.6 Å². The maximum absolute atomic E-state index is 13.6. The molecule has 5 heterocycles. The van der Waals surface area contributed by atoms with Gasteiger partial charge in [0.1, 0.15) is 5.69 Å². The number of carboxylic acids is 1. The van der Waals surface area contributed by atoms with Gasteiger partial charge in [0.05, 0.1) is 23.8 Å². The van der Waals surface area contributed by atoms with Crippen molar-refractivity contribution in [1.29, 1.82) is 0 Å². The molecular formula is C39H45N7O5. The van der Waals surface area contributed by atoms with Crippen LogP contribution in [0.15, 0.2) is 60.8 Å². The third-order valence-corrected chi connectivity index (χ3v) is 10.7. The average molecular weight is 692 g/mol. The van der Waals surface area contributed by atoms with Crippen LogP contribution in [0.4, 0.5) is 11.4 Å². The number of carbonyl (C=O) groups excluding carboxylic acids is 2. The summed E-state index contributed by atoms with van der Waals surface area (Å²) in [5, 5.41) is 30.0. The molecular weight excluding hydrogens is 646 g/mol. The summed E-state index contributed by atoms with van der Waals surface area (Å²) in [6.45, 7) is 8.31. The lowest BCUT2D eigenvalue weighted by atomic mass is 9.93.